The number of aryl methyl sites for hydroxylation is 1. The van der Waals surface area contributed by atoms with Gasteiger partial charge in [0.25, 0.3) is 0 Å². The molecule has 1 aliphatic rings. The van der Waals surface area contributed by atoms with Crippen molar-refractivity contribution in [3.8, 4) is 11.1 Å². The number of hydrogen-bond donors (Lipinski definition) is 0. The van der Waals surface area contributed by atoms with Gasteiger partial charge in [-0.15, -0.1) is 0 Å². The SMILES string of the molecule is Cc1ccc(-c2c(N(C)C3CCCCC3)c(=O)c2=O)cc1. The minimum absolute atomic E-state index is 0.321. The van der Waals surface area contributed by atoms with Crippen molar-refractivity contribution in [1.29, 1.82) is 0 Å². The molecule has 0 unspecified atom stereocenters. The van der Waals surface area contributed by atoms with Crippen LogP contribution in [-0.4, -0.2) is 13.1 Å². The Balaban J connectivity index is 1.96. The lowest BCUT2D eigenvalue weighted by Crippen LogP contribution is -2.45. The highest BCUT2D eigenvalue weighted by molar-refractivity contribution is 5.82. The summed E-state index contributed by atoms with van der Waals surface area (Å²) in [4.78, 5) is 26.1. The molecular formula is C18H21NO2. The summed E-state index contributed by atoms with van der Waals surface area (Å²) in [5.41, 5.74) is 2.58. The zero-order valence-electron chi connectivity index (χ0n) is 12.7. The fraction of sp³-hybridized carbons (Fsp3) is 0.444. The van der Waals surface area contributed by atoms with E-state index in [-0.39, 0.29) is 10.9 Å². The van der Waals surface area contributed by atoms with Crippen LogP contribution in [0.4, 0.5) is 5.69 Å². The molecule has 0 radical (unpaired) electrons. The molecule has 1 aliphatic carbocycles. The molecule has 1 saturated carbocycles. The molecule has 2 aromatic carbocycles. The molecule has 0 N–H and O–H groups in total. The molecule has 3 heteroatoms. The Bertz CT molecular complexity index is 702. The van der Waals surface area contributed by atoms with Crippen LogP contribution in [0.1, 0.15) is 37.7 Å². The Kier molecular flexibility index (Phi) is 3.66. The quantitative estimate of drug-likeness (QED) is 0.813. The first-order chi connectivity index (χ1) is 10.1. The number of rotatable bonds is 3. The molecule has 0 aromatic heterocycles. The van der Waals surface area contributed by atoms with Crippen LogP contribution < -0.4 is 15.8 Å². The molecule has 3 rings (SSSR count). The summed E-state index contributed by atoms with van der Waals surface area (Å²) in [5.74, 6) is 0. The van der Waals surface area contributed by atoms with Gasteiger partial charge in [-0.1, -0.05) is 49.1 Å². The average Bonchev–Trinajstić information content (AvgIpc) is 2.53. The van der Waals surface area contributed by atoms with Crippen LogP contribution in [0.25, 0.3) is 11.1 Å². The number of benzene rings is 1. The lowest BCUT2D eigenvalue weighted by molar-refractivity contribution is 0.427. The van der Waals surface area contributed by atoms with Gasteiger partial charge in [0.15, 0.2) is 0 Å². The van der Waals surface area contributed by atoms with E-state index in [0.29, 0.717) is 17.3 Å². The Morgan fingerprint density at radius 2 is 1.57 bits per heavy atom. The van der Waals surface area contributed by atoms with E-state index in [0.717, 1.165) is 24.0 Å². The van der Waals surface area contributed by atoms with Crippen LogP contribution in [0, 0.1) is 6.92 Å². The Labute approximate surface area is 124 Å². The maximum Gasteiger partial charge on any atom is 0.250 e. The fourth-order valence-electron chi connectivity index (χ4n) is 3.36. The highest BCUT2D eigenvalue weighted by Crippen LogP contribution is 2.31. The molecule has 0 atom stereocenters. The maximum atomic E-state index is 12.0. The second-order valence-corrected chi connectivity index (χ2v) is 6.15. The summed E-state index contributed by atoms with van der Waals surface area (Å²) in [7, 11) is 1.96. The molecule has 0 bridgehead atoms. The molecule has 0 aliphatic heterocycles. The van der Waals surface area contributed by atoms with Gasteiger partial charge in [-0.3, -0.25) is 9.59 Å². The average molecular weight is 283 g/mol. The summed E-state index contributed by atoms with van der Waals surface area (Å²) < 4.78 is 0. The van der Waals surface area contributed by atoms with Crippen LogP contribution in [0.2, 0.25) is 0 Å². The van der Waals surface area contributed by atoms with Gasteiger partial charge in [0.2, 0.25) is 10.9 Å². The van der Waals surface area contributed by atoms with Crippen LogP contribution in [0.3, 0.4) is 0 Å². The van der Waals surface area contributed by atoms with Crippen molar-refractivity contribution in [3.63, 3.8) is 0 Å². The Morgan fingerprint density at radius 3 is 2.19 bits per heavy atom. The van der Waals surface area contributed by atoms with Gasteiger partial charge >= 0.3 is 0 Å². The molecule has 0 heterocycles. The minimum Gasteiger partial charge on any atom is -0.368 e. The summed E-state index contributed by atoms with van der Waals surface area (Å²) in [6, 6.07) is 8.23. The summed E-state index contributed by atoms with van der Waals surface area (Å²) in [6.45, 7) is 2.01. The third-order valence-corrected chi connectivity index (χ3v) is 4.70. The molecule has 0 amide bonds. The van der Waals surface area contributed by atoms with Crippen molar-refractivity contribution in [2.75, 3.05) is 11.9 Å². The molecule has 0 saturated heterocycles. The standard InChI is InChI=1S/C18H21NO2/c1-12-8-10-13(11-9-12)15-16(18(21)17(15)20)19(2)14-6-4-3-5-7-14/h8-11,14H,3-7H2,1-2H3. The summed E-state index contributed by atoms with van der Waals surface area (Å²) in [5, 5.41) is 0. The number of hydrogen-bond acceptors (Lipinski definition) is 3. The second-order valence-electron chi connectivity index (χ2n) is 6.15. The van der Waals surface area contributed by atoms with Crippen LogP contribution >= 0.6 is 0 Å². The maximum absolute atomic E-state index is 12.0. The van der Waals surface area contributed by atoms with Crippen molar-refractivity contribution in [2.45, 2.75) is 45.1 Å². The van der Waals surface area contributed by atoms with Crippen molar-refractivity contribution in [2.24, 2.45) is 0 Å². The molecule has 110 valence electrons. The lowest BCUT2D eigenvalue weighted by Gasteiger charge is -2.34. The molecular weight excluding hydrogens is 262 g/mol. The van der Waals surface area contributed by atoms with E-state index < -0.39 is 0 Å². The highest BCUT2D eigenvalue weighted by atomic mass is 16.2. The van der Waals surface area contributed by atoms with E-state index in [9.17, 15) is 9.59 Å². The Morgan fingerprint density at radius 1 is 0.952 bits per heavy atom. The zero-order valence-corrected chi connectivity index (χ0v) is 12.7. The molecule has 1 fully saturated rings. The molecule has 3 nitrogen and oxygen atoms in total. The van der Waals surface area contributed by atoms with E-state index >= 15 is 0 Å². The Hall–Kier alpha value is -1.90. The highest BCUT2D eigenvalue weighted by Gasteiger charge is 2.29. The molecule has 2 aromatic rings. The normalized spacial score (nSPS) is 16.3. The van der Waals surface area contributed by atoms with Crippen LogP contribution in [0.15, 0.2) is 33.9 Å². The third-order valence-electron chi connectivity index (χ3n) is 4.70. The second kappa shape index (κ2) is 5.47. The predicted octanol–water partition coefficient (Wildman–Crippen LogP) is 3.03. The number of nitrogens with zero attached hydrogens (tertiary/aromatic N) is 1. The van der Waals surface area contributed by atoms with Crippen molar-refractivity contribution < 1.29 is 0 Å². The molecule has 21 heavy (non-hydrogen) atoms. The first-order valence-electron chi connectivity index (χ1n) is 7.73. The van der Waals surface area contributed by atoms with Gasteiger partial charge in [-0.05, 0) is 25.3 Å². The fourth-order valence-corrected chi connectivity index (χ4v) is 3.36. The van der Waals surface area contributed by atoms with Crippen molar-refractivity contribution in [3.05, 3.63) is 50.3 Å². The first-order valence-corrected chi connectivity index (χ1v) is 7.73. The van der Waals surface area contributed by atoms with Gasteiger partial charge in [-0.25, -0.2) is 0 Å². The van der Waals surface area contributed by atoms with E-state index in [1.54, 1.807) is 0 Å². The summed E-state index contributed by atoms with van der Waals surface area (Å²) in [6.07, 6.45) is 5.93. The van der Waals surface area contributed by atoms with E-state index in [4.69, 9.17) is 0 Å². The molecule has 0 spiro atoms. The van der Waals surface area contributed by atoms with Gasteiger partial charge in [-0.2, -0.15) is 0 Å². The van der Waals surface area contributed by atoms with Crippen LogP contribution in [-0.2, 0) is 0 Å². The van der Waals surface area contributed by atoms with Gasteiger partial charge in [0.05, 0.1) is 5.56 Å². The monoisotopic (exact) mass is 283 g/mol. The predicted molar refractivity (Wildman–Crippen MR) is 86.8 cm³/mol. The smallest absolute Gasteiger partial charge is 0.250 e. The number of anilines is 1. The van der Waals surface area contributed by atoms with E-state index in [1.807, 2.05) is 38.2 Å². The zero-order chi connectivity index (χ0) is 15.0. The van der Waals surface area contributed by atoms with Gasteiger partial charge < -0.3 is 4.90 Å². The third kappa shape index (κ3) is 2.41. The van der Waals surface area contributed by atoms with Crippen molar-refractivity contribution >= 4 is 5.69 Å². The minimum atomic E-state index is -0.337. The van der Waals surface area contributed by atoms with Crippen molar-refractivity contribution in [1.82, 2.24) is 0 Å². The topological polar surface area (TPSA) is 37.4 Å². The lowest BCUT2D eigenvalue weighted by atomic mass is 9.91. The van der Waals surface area contributed by atoms with Gasteiger partial charge in [0.1, 0.15) is 5.69 Å². The van der Waals surface area contributed by atoms with E-state index in [2.05, 4.69) is 4.90 Å². The largest absolute Gasteiger partial charge is 0.368 e. The first kappa shape index (κ1) is 14.1. The van der Waals surface area contributed by atoms with Gasteiger partial charge in [0, 0.05) is 13.1 Å². The summed E-state index contributed by atoms with van der Waals surface area (Å²) >= 11 is 0. The van der Waals surface area contributed by atoms with Crippen LogP contribution in [0.5, 0.6) is 0 Å². The van der Waals surface area contributed by atoms with E-state index in [1.165, 1.54) is 19.3 Å².